The van der Waals surface area contributed by atoms with Gasteiger partial charge in [-0.1, -0.05) is 29.8 Å². The van der Waals surface area contributed by atoms with Crippen LogP contribution >= 0.6 is 11.6 Å². The number of nitrogens with zero attached hydrogens (tertiary/aromatic N) is 2. The molecule has 0 aliphatic rings. The number of esters is 1. The minimum absolute atomic E-state index is 0.243. The van der Waals surface area contributed by atoms with Crippen LogP contribution in [0, 0.1) is 11.6 Å². The number of methoxy groups -OCH3 is 1. The first-order chi connectivity index (χ1) is 17.4. The number of carbonyl (C=O) groups excluding carboxylic acids is 1. The molecule has 0 bridgehead atoms. The van der Waals surface area contributed by atoms with Gasteiger partial charge in [0.05, 0.1) is 36.5 Å². The Kier molecular flexibility index (Phi) is 7.85. The Labute approximate surface area is 212 Å². The second-order valence-electron chi connectivity index (χ2n) is 7.71. The standard InChI is InChI=1S/C27H23ClF2N2O4/c1-3-35-26-16-24(17-4-6-18(7-5-17)27(33)34-2)31-32(26)12-13-36-25-11-8-19(14-22(25)28)21-10-9-20(29)15-23(21)30/h4-11,14-16H,3,12-13H2,1-2H3. The highest BCUT2D eigenvalue weighted by Gasteiger charge is 2.14. The van der Waals surface area contributed by atoms with Crippen LogP contribution < -0.4 is 9.47 Å². The summed E-state index contributed by atoms with van der Waals surface area (Å²) in [6.07, 6.45) is 0. The molecule has 0 aliphatic heterocycles. The third-order valence-corrected chi connectivity index (χ3v) is 5.67. The first-order valence-electron chi connectivity index (χ1n) is 11.2. The maximum absolute atomic E-state index is 14.1. The Morgan fingerprint density at radius 3 is 2.39 bits per heavy atom. The molecule has 6 nitrogen and oxygen atoms in total. The molecule has 0 amide bonds. The van der Waals surface area contributed by atoms with Crippen molar-refractivity contribution in [3.63, 3.8) is 0 Å². The lowest BCUT2D eigenvalue weighted by atomic mass is 10.0. The molecule has 1 aromatic heterocycles. The van der Waals surface area contributed by atoms with Gasteiger partial charge < -0.3 is 14.2 Å². The zero-order chi connectivity index (χ0) is 25.7. The number of hydrogen-bond donors (Lipinski definition) is 0. The van der Waals surface area contributed by atoms with Gasteiger partial charge in [0.25, 0.3) is 0 Å². The summed E-state index contributed by atoms with van der Waals surface area (Å²) in [6, 6.07) is 17.0. The SMILES string of the molecule is CCOc1cc(-c2ccc(C(=O)OC)cc2)nn1CCOc1ccc(-c2ccc(F)cc2F)cc1Cl. The maximum atomic E-state index is 14.1. The summed E-state index contributed by atoms with van der Waals surface area (Å²) < 4.78 is 45.3. The smallest absolute Gasteiger partial charge is 0.337 e. The van der Waals surface area contributed by atoms with Crippen molar-refractivity contribution in [1.29, 1.82) is 0 Å². The van der Waals surface area contributed by atoms with Gasteiger partial charge in [0, 0.05) is 23.3 Å². The van der Waals surface area contributed by atoms with Gasteiger partial charge in [0.15, 0.2) is 0 Å². The van der Waals surface area contributed by atoms with Crippen molar-refractivity contribution in [2.75, 3.05) is 20.3 Å². The molecule has 0 saturated heterocycles. The summed E-state index contributed by atoms with van der Waals surface area (Å²) in [4.78, 5) is 11.7. The Hall–Kier alpha value is -3.91. The van der Waals surface area contributed by atoms with Gasteiger partial charge >= 0.3 is 5.97 Å². The Morgan fingerprint density at radius 2 is 1.72 bits per heavy atom. The summed E-state index contributed by atoms with van der Waals surface area (Å²) in [7, 11) is 1.33. The summed E-state index contributed by atoms with van der Waals surface area (Å²) in [5.74, 6) is -0.729. The Balaban J connectivity index is 1.45. The molecule has 0 atom stereocenters. The Morgan fingerprint density at radius 1 is 0.972 bits per heavy atom. The molecule has 186 valence electrons. The van der Waals surface area contributed by atoms with Crippen molar-refractivity contribution >= 4 is 17.6 Å². The molecule has 4 rings (SSSR count). The van der Waals surface area contributed by atoms with Crippen molar-refractivity contribution in [1.82, 2.24) is 9.78 Å². The largest absolute Gasteiger partial charge is 0.490 e. The molecule has 0 aliphatic carbocycles. The second kappa shape index (κ2) is 11.2. The highest BCUT2D eigenvalue weighted by atomic mass is 35.5. The van der Waals surface area contributed by atoms with Crippen LogP contribution in [0.25, 0.3) is 22.4 Å². The fourth-order valence-electron chi connectivity index (χ4n) is 3.61. The van der Waals surface area contributed by atoms with Gasteiger partial charge in [-0.25, -0.2) is 18.3 Å². The average molecular weight is 513 g/mol. The first kappa shape index (κ1) is 25.2. The van der Waals surface area contributed by atoms with Crippen LogP contribution in [0.2, 0.25) is 5.02 Å². The van der Waals surface area contributed by atoms with E-state index in [9.17, 15) is 13.6 Å². The van der Waals surface area contributed by atoms with Crippen LogP contribution in [0.3, 0.4) is 0 Å². The van der Waals surface area contributed by atoms with Crippen LogP contribution in [0.5, 0.6) is 11.6 Å². The predicted molar refractivity (Wildman–Crippen MR) is 132 cm³/mol. The van der Waals surface area contributed by atoms with E-state index >= 15 is 0 Å². The number of benzene rings is 3. The molecule has 0 N–H and O–H groups in total. The number of hydrogen-bond acceptors (Lipinski definition) is 5. The van der Waals surface area contributed by atoms with Crippen molar-refractivity contribution in [2.24, 2.45) is 0 Å². The summed E-state index contributed by atoms with van der Waals surface area (Å²) in [5.41, 5.74) is 2.70. The number of halogens is 3. The normalized spacial score (nSPS) is 10.8. The summed E-state index contributed by atoms with van der Waals surface area (Å²) in [6.45, 7) is 2.96. The fraction of sp³-hybridized carbons (Fsp3) is 0.185. The van der Waals surface area contributed by atoms with E-state index in [1.807, 2.05) is 13.0 Å². The number of rotatable bonds is 9. The third-order valence-electron chi connectivity index (χ3n) is 5.37. The van der Waals surface area contributed by atoms with Gasteiger partial charge in [0.2, 0.25) is 5.88 Å². The predicted octanol–water partition coefficient (Wildman–Crippen LogP) is 6.41. The van der Waals surface area contributed by atoms with Gasteiger partial charge in [-0.3, -0.25) is 0 Å². The summed E-state index contributed by atoms with van der Waals surface area (Å²) in [5, 5.41) is 4.91. The monoisotopic (exact) mass is 512 g/mol. The van der Waals surface area contributed by atoms with Crippen LogP contribution in [0.4, 0.5) is 8.78 Å². The van der Waals surface area contributed by atoms with Crippen LogP contribution in [-0.2, 0) is 11.3 Å². The maximum Gasteiger partial charge on any atom is 0.337 e. The van der Waals surface area contributed by atoms with Gasteiger partial charge in [-0.15, -0.1) is 0 Å². The van der Waals surface area contributed by atoms with E-state index in [1.54, 1.807) is 47.1 Å². The fourth-order valence-corrected chi connectivity index (χ4v) is 3.85. The number of aromatic nitrogens is 2. The zero-order valence-electron chi connectivity index (χ0n) is 19.6. The molecule has 0 unspecified atom stereocenters. The molecule has 0 spiro atoms. The molecule has 0 saturated carbocycles. The minimum atomic E-state index is -0.669. The lowest BCUT2D eigenvalue weighted by Crippen LogP contribution is -2.11. The molecular formula is C27H23ClF2N2O4. The van der Waals surface area contributed by atoms with Crippen LogP contribution in [0.1, 0.15) is 17.3 Å². The van der Waals surface area contributed by atoms with E-state index in [0.717, 1.165) is 11.6 Å². The van der Waals surface area contributed by atoms with Crippen molar-refractivity contribution in [3.05, 3.63) is 89.0 Å². The van der Waals surface area contributed by atoms with Crippen molar-refractivity contribution in [2.45, 2.75) is 13.5 Å². The minimum Gasteiger partial charge on any atom is -0.490 e. The zero-order valence-corrected chi connectivity index (χ0v) is 20.4. The highest BCUT2D eigenvalue weighted by Crippen LogP contribution is 2.32. The van der Waals surface area contributed by atoms with Crippen molar-refractivity contribution in [3.8, 4) is 34.0 Å². The van der Waals surface area contributed by atoms with Crippen LogP contribution in [0.15, 0.2) is 66.7 Å². The number of ether oxygens (including phenoxy) is 3. The van der Waals surface area contributed by atoms with E-state index < -0.39 is 17.6 Å². The van der Waals surface area contributed by atoms with E-state index in [2.05, 4.69) is 5.10 Å². The van der Waals surface area contributed by atoms with E-state index in [1.165, 1.54) is 19.2 Å². The van der Waals surface area contributed by atoms with E-state index in [0.29, 0.717) is 46.6 Å². The highest BCUT2D eigenvalue weighted by molar-refractivity contribution is 6.32. The topological polar surface area (TPSA) is 62.6 Å². The lowest BCUT2D eigenvalue weighted by molar-refractivity contribution is 0.0600. The summed E-state index contributed by atoms with van der Waals surface area (Å²) >= 11 is 6.35. The average Bonchev–Trinajstić information content (AvgIpc) is 3.27. The van der Waals surface area contributed by atoms with E-state index in [4.69, 9.17) is 25.8 Å². The van der Waals surface area contributed by atoms with Gasteiger partial charge in [-0.05, 0) is 48.9 Å². The molecule has 9 heteroatoms. The number of carbonyl (C=O) groups is 1. The Bertz CT molecular complexity index is 1370. The molecule has 0 fully saturated rings. The third kappa shape index (κ3) is 5.66. The second-order valence-corrected chi connectivity index (χ2v) is 8.12. The first-order valence-corrected chi connectivity index (χ1v) is 11.5. The lowest BCUT2D eigenvalue weighted by Gasteiger charge is -2.12. The molecule has 4 aromatic rings. The molecule has 0 radical (unpaired) electrons. The molecule has 3 aromatic carbocycles. The quantitative estimate of drug-likeness (QED) is 0.242. The van der Waals surface area contributed by atoms with Crippen LogP contribution in [-0.4, -0.2) is 36.1 Å². The van der Waals surface area contributed by atoms with Gasteiger partial charge in [0.1, 0.15) is 24.0 Å². The van der Waals surface area contributed by atoms with E-state index in [-0.39, 0.29) is 12.2 Å². The van der Waals surface area contributed by atoms with Gasteiger partial charge in [-0.2, -0.15) is 5.10 Å². The van der Waals surface area contributed by atoms with Crippen molar-refractivity contribution < 1.29 is 27.8 Å². The molecule has 1 heterocycles. The molecule has 36 heavy (non-hydrogen) atoms. The molecular weight excluding hydrogens is 490 g/mol.